The van der Waals surface area contributed by atoms with Gasteiger partial charge >= 0.3 is 0 Å². The number of hydrogen-bond acceptors (Lipinski definition) is 3. The minimum Gasteiger partial charge on any atom is -0.338 e. The van der Waals surface area contributed by atoms with Crippen LogP contribution < -0.4 is 5.32 Å². The predicted molar refractivity (Wildman–Crippen MR) is 80.7 cm³/mol. The first-order valence-corrected chi connectivity index (χ1v) is 7.57. The van der Waals surface area contributed by atoms with Gasteiger partial charge in [-0.1, -0.05) is 13.8 Å². The highest BCUT2D eigenvalue weighted by Crippen LogP contribution is 2.19. The monoisotopic (exact) mass is 275 g/mol. The lowest BCUT2D eigenvalue weighted by atomic mass is 9.93. The fourth-order valence-corrected chi connectivity index (χ4v) is 2.74. The van der Waals surface area contributed by atoms with Crippen molar-refractivity contribution in [3.63, 3.8) is 0 Å². The SMILES string of the molecule is CCCNC1CCN(C(=O)c2ccc(C)nc2)CC1C. The Labute approximate surface area is 121 Å². The van der Waals surface area contributed by atoms with E-state index in [0.717, 1.165) is 38.2 Å². The third-order valence-corrected chi connectivity index (χ3v) is 4.01. The highest BCUT2D eigenvalue weighted by atomic mass is 16.2. The Morgan fingerprint density at radius 1 is 1.50 bits per heavy atom. The quantitative estimate of drug-likeness (QED) is 0.916. The van der Waals surface area contributed by atoms with Crippen molar-refractivity contribution in [3.8, 4) is 0 Å². The zero-order chi connectivity index (χ0) is 14.5. The number of piperidine rings is 1. The van der Waals surface area contributed by atoms with E-state index in [9.17, 15) is 4.79 Å². The molecule has 0 bridgehead atoms. The van der Waals surface area contributed by atoms with Crippen LogP contribution in [0, 0.1) is 12.8 Å². The largest absolute Gasteiger partial charge is 0.338 e. The van der Waals surface area contributed by atoms with Gasteiger partial charge < -0.3 is 10.2 Å². The van der Waals surface area contributed by atoms with E-state index in [2.05, 4.69) is 24.1 Å². The molecule has 0 aliphatic carbocycles. The molecule has 110 valence electrons. The van der Waals surface area contributed by atoms with Crippen LogP contribution in [0.5, 0.6) is 0 Å². The standard InChI is InChI=1S/C16H25N3O/c1-4-8-17-15-7-9-19(11-12(15)2)16(20)14-6-5-13(3)18-10-14/h5-6,10,12,15,17H,4,7-9,11H2,1-3H3. The molecule has 1 aromatic rings. The number of nitrogens with zero attached hydrogens (tertiary/aromatic N) is 2. The summed E-state index contributed by atoms with van der Waals surface area (Å²) in [5, 5.41) is 3.58. The first-order chi connectivity index (χ1) is 9.61. The van der Waals surface area contributed by atoms with Gasteiger partial charge in [-0.2, -0.15) is 0 Å². The van der Waals surface area contributed by atoms with Crippen LogP contribution in [-0.4, -0.2) is 41.5 Å². The van der Waals surface area contributed by atoms with Crippen LogP contribution in [0.1, 0.15) is 42.7 Å². The zero-order valence-corrected chi connectivity index (χ0v) is 12.7. The molecule has 1 fully saturated rings. The molecule has 4 heteroatoms. The second-order valence-electron chi connectivity index (χ2n) is 5.77. The molecule has 1 saturated heterocycles. The lowest BCUT2D eigenvalue weighted by Gasteiger charge is -2.37. The molecule has 2 unspecified atom stereocenters. The van der Waals surface area contributed by atoms with Crippen molar-refractivity contribution in [2.24, 2.45) is 5.92 Å². The van der Waals surface area contributed by atoms with Gasteiger partial charge in [0.2, 0.25) is 0 Å². The third kappa shape index (κ3) is 3.57. The molecule has 0 aromatic carbocycles. The maximum Gasteiger partial charge on any atom is 0.255 e. The molecule has 1 aliphatic heterocycles. The van der Waals surface area contributed by atoms with Crippen LogP contribution in [0.2, 0.25) is 0 Å². The Hall–Kier alpha value is -1.42. The third-order valence-electron chi connectivity index (χ3n) is 4.01. The minimum atomic E-state index is 0.110. The first kappa shape index (κ1) is 15.0. The summed E-state index contributed by atoms with van der Waals surface area (Å²) in [7, 11) is 0. The van der Waals surface area contributed by atoms with Crippen molar-refractivity contribution >= 4 is 5.91 Å². The summed E-state index contributed by atoms with van der Waals surface area (Å²) in [6, 6.07) is 4.30. The Bertz CT molecular complexity index is 444. The molecule has 1 aliphatic rings. The number of hydrogen-bond donors (Lipinski definition) is 1. The molecule has 0 saturated carbocycles. The van der Waals surface area contributed by atoms with Crippen molar-refractivity contribution in [2.75, 3.05) is 19.6 Å². The van der Waals surface area contributed by atoms with E-state index >= 15 is 0 Å². The number of amides is 1. The lowest BCUT2D eigenvalue weighted by molar-refractivity contribution is 0.0645. The molecule has 1 N–H and O–H groups in total. The molecule has 1 amide bonds. The Balaban J connectivity index is 1.95. The average molecular weight is 275 g/mol. The Morgan fingerprint density at radius 2 is 2.30 bits per heavy atom. The molecular weight excluding hydrogens is 250 g/mol. The number of carbonyl (C=O) groups is 1. The highest BCUT2D eigenvalue weighted by molar-refractivity contribution is 5.94. The van der Waals surface area contributed by atoms with Crippen molar-refractivity contribution in [1.82, 2.24) is 15.2 Å². The molecule has 2 rings (SSSR count). The lowest BCUT2D eigenvalue weighted by Crippen LogP contribution is -2.50. The van der Waals surface area contributed by atoms with E-state index in [4.69, 9.17) is 0 Å². The van der Waals surface area contributed by atoms with Crippen LogP contribution in [0.4, 0.5) is 0 Å². The van der Waals surface area contributed by atoms with Crippen molar-refractivity contribution in [3.05, 3.63) is 29.6 Å². The molecule has 0 radical (unpaired) electrons. The van der Waals surface area contributed by atoms with Gasteiger partial charge in [-0.15, -0.1) is 0 Å². The number of rotatable bonds is 4. The van der Waals surface area contributed by atoms with Gasteiger partial charge in [-0.25, -0.2) is 0 Å². The second kappa shape index (κ2) is 6.84. The number of aryl methyl sites for hydroxylation is 1. The zero-order valence-electron chi connectivity index (χ0n) is 12.7. The van der Waals surface area contributed by atoms with E-state index in [1.165, 1.54) is 0 Å². The molecule has 2 heterocycles. The second-order valence-corrected chi connectivity index (χ2v) is 5.77. The Morgan fingerprint density at radius 3 is 2.90 bits per heavy atom. The number of likely N-dealkylation sites (tertiary alicyclic amines) is 1. The summed E-state index contributed by atoms with van der Waals surface area (Å²) < 4.78 is 0. The van der Waals surface area contributed by atoms with Crippen LogP contribution in [0.15, 0.2) is 18.3 Å². The van der Waals surface area contributed by atoms with E-state index in [1.807, 2.05) is 24.0 Å². The van der Waals surface area contributed by atoms with Crippen molar-refractivity contribution in [1.29, 1.82) is 0 Å². The average Bonchev–Trinajstić information content (AvgIpc) is 2.46. The first-order valence-electron chi connectivity index (χ1n) is 7.57. The van der Waals surface area contributed by atoms with Gasteiger partial charge in [-0.05, 0) is 44.4 Å². The van der Waals surface area contributed by atoms with Crippen LogP contribution >= 0.6 is 0 Å². The number of carbonyl (C=O) groups excluding carboxylic acids is 1. The summed E-state index contributed by atoms with van der Waals surface area (Å²) in [6.45, 7) is 9.06. The fourth-order valence-electron chi connectivity index (χ4n) is 2.74. The van der Waals surface area contributed by atoms with E-state index in [1.54, 1.807) is 6.20 Å². The number of nitrogens with one attached hydrogen (secondary N) is 1. The molecule has 2 atom stereocenters. The smallest absolute Gasteiger partial charge is 0.255 e. The normalized spacial score (nSPS) is 22.9. The predicted octanol–water partition coefficient (Wildman–Crippen LogP) is 2.24. The molecule has 0 spiro atoms. The van der Waals surface area contributed by atoms with Crippen molar-refractivity contribution < 1.29 is 4.79 Å². The summed E-state index contributed by atoms with van der Waals surface area (Å²) in [6.07, 6.45) is 3.87. The minimum absolute atomic E-state index is 0.110. The van der Waals surface area contributed by atoms with Gasteiger partial charge in [0.05, 0.1) is 5.56 Å². The molecule has 4 nitrogen and oxygen atoms in total. The molecule has 1 aromatic heterocycles. The Kier molecular flexibility index (Phi) is 5.12. The maximum atomic E-state index is 12.4. The molecular formula is C16H25N3O. The van der Waals surface area contributed by atoms with Crippen LogP contribution in [-0.2, 0) is 0 Å². The maximum absolute atomic E-state index is 12.4. The summed E-state index contributed by atoms with van der Waals surface area (Å²) in [5.74, 6) is 0.607. The van der Waals surface area contributed by atoms with Gasteiger partial charge in [-0.3, -0.25) is 9.78 Å². The van der Waals surface area contributed by atoms with Crippen LogP contribution in [0.25, 0.3) is 0 Å². The van der Waals surface area contributed by atoms with Gasteiger partial charge in [0.1, 0.15) is 0 Å². The summed E-state index contributed by atoms with van der Waals surface area (Å²) in [4.78, 5) is 18.6. The van der Waals surface area contributed by atoms with E-state index in [-0.39, 0.29) is 5.91 Å². The summed E-state index contributed by atoms with van der Waals surface area (Å²) >= 11 is 0. The van der Waals surface area contributed by atoms with Crippen molar-refractivity contribution in [2.45, 2.75) is 39.7 Å². The van der Waals surface area contributed by atoms with E-state index < -0.39 is 0 Å². The van der Waals surface area contributed by atoms with Gasteiger partial charge in [0, 0.05) is 31.0 Å². The summed E-state index contributed by atoms with van der Waals surface area (Å²) in [5.41, 5.74) is 1.64. The van der Waals surface area contributed by atoms with Crippen LogP contribution in [0.3, 0.4) is 0 Å². The molecule has 20 heavy (non-hydrogen) atoms. The number of aromatic nitrogens is 1. The topological polar surface area (TPSA) is 45.2 Å². The number of pyridine rings is 1. The van der Waals surface area contributed by atoms with Gasteiger partial charge in [0.25, 0.3) is 5.91 Å². The fraction of sp³-hybridized carbons (Fsp3) is 0.625. The highest BCUT2D eigenvalue weighted by Gasteiger charge is 2.28. The van der Waals surface area contributed by atoms with E-state index in [0.29, 0.717) is 17.5 Å². The van der Waals surface area contributed by atoms with Gasteiger partial charge in [0.15, 0.2) is 0 Å².